The Hall–Kier alpha value is -2.03. The molecule has 1 aromatic heterocycles. The molecule has 0 bridgehead atoms. The Labute approximate surface area is 94.7 Å². The molecule has 3 nitrogen and oxygen atoms in total. The third kappa shape index (κ3) is 2.73. The van der Waals surface area contributed by atoms with E-state index in [4.69, 9.17) is 0 Å². The second-order valence-corrected chi connectivity index (χ2v) is 3.74. The number of carbonyl (C=O) groups excluding carboxylic acids is 1. The smallest absolute Gasteiger partial charge is 0.221 e. The molecular weight excluding hydrogens is 200 g/mol. The number of hydrogen-bond acceptors (Lipinski definition) is 1. The predicted molar refractivity (Wildman–Crippen MR) is 64.3 cm³/mol. The van der Waals surface area contributed by atoms with Crippen LogP contribution in [0.2, 0.25) is 0 Å². The van der Waals surface area contributed by atoms with Crippen molar-refractivity contribution >= 4 is 11.6 Å². The van der Waals surface area contributed by atoms with Crippen molar-refractivity contribution in [3.63, 3.8) is 0 Å². The largest absolute Gasteiger partial charge is 0.348 e. The van der Waals surface area contributed by atoms with Crippen LogP contribution in [-0.4, -0.2) is 10.5 Å². The van der Waals surface area contributed by atoms with Crippen LogP contribution < -0.4 is 5.32 Å². The molecule has 16 heavy (non-hydrogen) atoms. The summed E-state index contributed by atoms with van der Waals surface area (Å²) in [5.41, 5.74) is 2.08. The van der Waals surface area contributed by atoms with Gasteiger partial charge in [-0.2, -0.15) is 0 Å². The minimum absolute atomic E-state index is 0.0440. The molecular formula is C13H14N2O. The molecule has 2 aromatic rings. The first-order valence-electron chi connectivity index (χ1n) is 5.21. The highest BCUT2D eigenvalue weighted by atomic mass is 16.1. The van der Waals surface area contributed by atoms with Gasteiger partial charge in [0.15, 0.2) is 0 Å². The van der Waals surface area contributed by atoms with Gasteiger partial charge in [-0.15, -0.1) is 0 Å². The van der Waals surface area contributed by atoms with Gasteiger partial charge in [0, 0.05) is 25.9 Å². The summed E-state index contributed by atoms with van der Waals surface area (Å²) >= 11 is 0. The van der Waals surface area contributed by atoms with Crippen LogP contribution in [0.25, 0.3) is 0 Å². The summed E-state index contributed by atoms with van der Waals surface area (Å²) < 4.78 is 2.04. The highest BCUT2D eigenvalue weighted by Crippen LogP contribution is 2.10. The van der Waals surface area contributed by atoms with Crippen LogP contribution in [0.1, 0.15) is 12.5 Å². The highest BCUT2D eigenvalue weighted by molar-refractivity contribution is 5.88. The summed E-state index contributed by atoms with van der Waals surface area (Å²) in [6.45, 7) is 2.33. The van der Waals surface area contributed by atoms with Gasteiger partial charge >= 0.3 is 0 Å². The van der Waals surface area contributed by atoms with E-state index >= 15 is 0 Å². The molecule has 1 amide bonds. The summed E-state index contributed by atoms with van der Waals surface area (Å²) in [5.74, 6) is -0.0440. The molecule has 1 N–H and O–H groups in total. The number of hydrogen-bond donors (Lipinski definition) is 1. The molecule has 0 spiro atoms. The van der Waals surface area contributed by atoms with Crippen LogP contribution in [0.5, 0.6) is 0 Å². The zero-order valence-electron chi connectivity index (χ0n) is 9.18. The number of amides is 1. The maximum Gasteiger partial charge on any atom is 0.221 e. The minimum Gasteiger partial charge on any atom is -0.348 e. The first-order chi connectivity index (χ1) is 7.74. The van der Waals surface area contributed by atoms with Gasteiger partial charge in [0.2, 0.25) is 5.91 Å². The van der Waals surface area contributed by atoms with E-state index in [1.807, 2.05) is 41.2 Å². The molecule has 3 heteroatoms. The summed E-state index contributed by atoms with van der Waals surface area (Å²) in [5, 5.41) is 2.75. The van der Waals surface area contributed by atoms with Gasteiger partial charge in [0.1, 0.15) is 0 Å². The third-order valence-electron chi connectivity index (χ3n) is 2.28. The van der Waals surface area contributed by atoms with Crippen molar-refractivity contribution in [3.8, 4) is 0 Å². The molecule has 0 saturated carbocycles. The van der Waals surface area contributed by atoms with Crippen LogP contribution >= 0.6 is 0 Å². The molecule has 0 aliphatic rings. The van der Waals surface area contributed by atoms with Crippen LogP contribution in [0.4, 0.5) is 5.69 Å². The molecule has 0 atom stereocenters. The second-order valence-electron chi connectivity index (χ2n) is 3.74. The van der Waals surface area contributed by atoms with E-state index in [1.54, 1.807) is 0 Å². The maximum atomic E-state index is 10.9. The van der Waals surface area contributed by atoms with Crippen LogP contribution in [0, 0.1) is 0 Å². The normalized spacial score (nSPS) is 10.1. The van der Waals surface area contributed by atoms with E-state index in [9.17, 15) is 4.79 Å². The van der Waals surface area contributed by atoms with Crippen molar-refractivity contribution in [3.05, 3.63) is 54.4 Å². The number of anilines is 1. The van der Waals surface area contributed by atoms with Gasteiger partial charge in [-0.3, -0.25) is 4.79 Å². The number of benzene rings is 1. The fraction of sp³-hybridized carbons (Fsp3) is 0.154. The van der Waals surface area contributed by atoms with Gasteiger partial charge in [-0.05, 0) is 11.6 Å². The summed E-state index contributed by atoms with van der Waals surface area (Å²) in [7, 11) is 0. The first kappa shape index (κ1) is 10.5. The van der Waals surface area contributed by atoms with Crippen LogP contribution in [-0.2, 0) is 11.3 Å². The van der Waals surface area contributed by atoms with E-state index in [-0.39, 0.29) is 5.91 Å². The second kappa shape index (κ2) is 4.66. The summed E-state index contributed by atoms with van der Waals surface area (Å²) in [6, 6.07) is 12.1. The Balaban J connectivity index is 2.06. The monoisotopic (exact) mass is 214 g/mol. The van der Waals surface area contributed by atoms with Crippen molar-refractivity contribution in [2.24, 2.45) is 0 Å². The van der Waals surface area contributed by atoms with Gasteiger partial charge in [0.25, 0.3) is 0 Å². The molecule has 0 fully saturated rings. The lowest BCUT2D eigenvalue weighted by molar-refractivity contribution is -0.114. The van der Waals surface area contributed by atoms with E-state index < -0.39 is 0 Å². The third-order valence-corrected chi connectivity index (χ3v) is 2.28. The number of aromatic nitrogens is 1. The molecule has 0 unspecified atom stereocenters. The molecule has 0 aliphatic carbocycles. The average molecular weight is 214 g/mol. The number of nitrogens with zero attached hydrogens (tertiary/aromatic N) is 1. The summed E-state index contributed by atoms with van der Waals surface area (Å²) in [6.07, 6.45) is 3.88. The van der Waals surface area contributed by atoms with Gasteiger partial charge < -0.3 is 9.88 Å². The van der Waals surface area contributed by atoms with Crippen molar-refractivity contribution in [2.75, 3.05) is 5.32 Å². The molecule has 1 aromatic carbocycles. The van der Waals surface area contributed by atoms with Crippen molar-refractivity contribution in [2.45, 2.75) is 13.5 Å². The fourth-order valence-electron chi connectivity index (χ4n) is 1.61. The summed E-state index contributed by atoms with van der Waals surface area (Å²) in [4.78, 5) is 10.9. The molecule has 0 radical (unpaired) electrons. The topological polar surface area (TPSA) is 34.0 Å². The Bertz CT molecular complexity index is 474. The van der Waals surface area contributed by atoms with Gasteiger partial charge in [-0.25, -0.2) is 0 Å². The Morgan fingerprint density at radius 3 is 2.69 bits per heavy atom. The van der Waals surface area contributed by atoms with E-state index in [0.29, 0.717) is 0 Å². The standard InChI is InChI=1S/C13H14N2O/c1-11(16)14-13-7-8-15(10-13)9-12-5-3-2-4-6-12/h2-8,10H,9H2,1H3,(H,14,16). The molecule has 0 saturated heterocycles. The van der Waals surface area contributed by atoms with Crippen molar-refractivity contribution in [1.82, 2.24) is 4.57 Å². The minimum atomic E-state index is -0.0440. The van der Waals surface area contributed by atoms with E-state index in [1.165, 1.54) is 12.5 Å². The molecule has 2 rings (SSSR count). The van der Waals surface area contributed by atoms with Crippen LogP contribution in [0.3, 0.4) is 0 Å². The van der Waals surface area contributed by atoms with Gasteiger partial charge in [0.05, 0.1) is 5.69 Å². The lowest BCUT2D eigenvalue weighted by Crippen LogP contribution is -2.04. The predicted octanol–water partition coefficient (Wildman–Crippen LogP) is 2.49. The SMILES string of the molecule is CC(=O)Nc1ccn(Cc2ccccc2)c1. The number of carbonyl (C=O) groups is 1. The number of rotatable bonds is 3. The number of nitrogens with one attached hydrogen (secondary N) is 1. The first-order valence-corrected chi connectivity index (χ1v) is 5.21. The average Bonchev–Trinajstić information content (AvgIpc) is 2.66. The van der Waals surface area contributed by atoms with Gasteiger partial charge in [-0.1, -0.05) is 30.3 Å². The van der Waals surface area contributed by atoms with Crippen molar-refractivity contribution in [1.29, 1.82) is 0 Å². The molecule has 82 valence electrons. The van der Waals surface area contributed by atoms with Crippen LogP contribution in [0.15, 0.2) is 48.8 Å². The molecule has 1 heterocycles. The fourth-order valence-corrected chi connectivity index (χ4v) is 1.61. The zero-order chi connectivity index (χ0) is 11.4. The van der Waals surface area contributed by atoms with Crippen molar-refractivity contribution < 1.29 is 4.79 Å². The van der Waals surface area contributed by atoms with E-state index in [2.05, 4.69) is 17.4 Å². The Kier molecular flexibility index (Phi) is 3.05. The quantitative estimate of drug-likeness (QED) is 0.836. The lowest BCUT2D eigenvalue weighted by Gasteiger charge is -2.02. The Morgan fingerprint density at radius 1 is 1.25 bits per heavy atom. The van der Waals surface area contributed by atoms with E-state index in [0.717, 1.165) is 12.2 Å². The molecule has 0 aliphatic heterocycles. The Morgan fingerprint density at radius 2 is 2.00 bits per heavy atom. The highest BCUT2D eigenvalue weighted by Gasteiger charge is 1.99. The maximum absolute atomic E-state index is 10.9. The lowest BCUT2D eigenvalue weighted by atomic mass is 10.2. The zero-order valence-corrected chi connectivity index (χ0v) is 9.18.